The van der Waals surface area contributed by atoms with Crippen LogP contribution < -0.4 is 5.32 Å². The van der Waals surface area contributed by atoms with E-state index in [9.17, 15) is 0 Å². The first kappa shape index (κ1) is 13.3. The number of hydrogen-bond acceptors (Lipinski definition) is 3. The Morgan fingerprint density at radius 1 is 1.24 bits per heavy atom. The molecule has 1 heterocycles. The molecule has 3 nitrogen and oxygen atoms in total. The Bertz CT molecular complexity index is 220. The van der Waals surface area contributed by atoms with Gasteiger partial charge in [0.15, 0.2) is 0 Å². The maximum atomic E-state index is 5.40. The van der Waals surface area contributed by atoms with Crippen LogP contribution in [0.2, 0.25) is 0 Å². The topological polar surface area (TPSA) is 24.5 Å². The fourth-order valence-electron chi connectivity index (χ4n) is 3.15. The fraction of sp³-hybridized carbons (Fsp3) is 1.00. The number of methoxy groups -OCH3 is 1. The van der Waals surface area contributed by atoms with E-state index < -0.39 is 0 Å². The highest BCUT2D eigenvalue weighted by atomic mass is 16.5. The van der Waals surface area contributed by atoms with Crippen molar-refractivity contribution in [1.82, 2.24) is 10.2 Å². The molecule has 100 valence electrons. The highest BCUT2D eigenvalue weighted by molar-refractivity contribution is 4.90. The second-order valence-corrected chi connectivity index (χ2v) is 5.97. The van der Waals surface area contributed by atoms with Crippen molar-refractivity contribution in [3.05, 3.63) is 0 Å². The second kappa shape index (κ2) is 6.17. The third kappa shape index (κ3) is 3.43. The minimum absolute atomic E-state index is 0.522. The second-order valence-electron chi connectivity index (χ2n) is 5.97. The molecule has 0 atom stereocenters. The summed E-state index contributed by atoms with van der Waals surface area (Å²) in [5.41, 5.74) is 0. The van der Waals surface area contributed by atoms with Gasteiger partial charge in [-0.1, -0.05) is 0 Å². The predicted molar refractivity (Wildman–Crippen MR) is 71.3 cm³/mol. The van der Waals surface area contributed by atoms with Crippen molar-refractivity contribution in [3.63, 3.8) is 0 Å². The molecule has 1 N–H and O–H groups in total. The summed E-state index contributed by atoms with van der Waals surface area (Å²) >= 11 is 0. The molecule has 0 amide bonds. The monoisotopic (exact) mass is 240 g/mol. The Morgan fingerprint density at radius 3 is 2.41 bits per heavy atom. The van der Waals surface area contributed by atoms with Crippen molar-refractivity contribution in [2.75, 3.05) is 26.7 Å². The summed E-state index contributed by atoms with van der Waals surface area (Å²) in [5, 5.41) is 3.45. The normalized spacial score (nSPS) is 30.9. The lowest BCUT2D eigenvalue weighted by atomic mass is 9.85. The molecule has 2 rings (SSSR count). The van der Waals surface area contributed by atoms with Crippen LogP contribution in [0.1, 0.15) is 39.5 Å². The molecule has 0 radical (unpaired) electrons. The van der Waals surface area contributed by atoms with Crippen LogP contribution in [0.4, 0.5) is 0 Å². The molecule has 1 aliphatic heterocycles. The zero-order valence-corrected chi connectivity index (χ0v) is 11.6. The van der Waals surface area contributed by atoms with Crippen LogP contribution in [-0.4, -0.2) is 49.8 Å². The summed E-state index contributed by atoms with van der Waals surface area (Å²) in [6.45, 7) is 8.38. The Hall–Kier alpha value is -0.120. The lowest BCUT2D eigenvalue weighted by Crippen LogP contribution is -2.52. The number of hydrogen-bond donors (Lipinski definition) is 1. The van der Waals surface area contributed by atoms with Crippen molar-refractivity contribution in [1.29, 1.82) is 0 Å². The molecular formula is C14H28N2O. The van der Waals surface area contributed by atoms with Gasteiger partial charge in [0.25, 0.3) is 0 Å². The SMILES string of the molecule is COC1CC(N(CC2CCNCC2)C(C)C)C1. The lowest BCUT2D eigenvalue weighted by molar-refractivity contribution is -0.0425. The quantitative estimate of drug-likeness (QED) is 0.794. The van der Waals surface area contributed by atoms with Gasteiger partial charge in [-0.05, 0) is 58.5 Å². The van der Waals surface area contributed by atoms with Gasteiger partial charge in [0, 0.05) is 25.7 Å². The van der Waals surface area contributed by atoms with Crippen LogP contribution >= 0.6 is 0 Å². The molecule has 3 heteroatoms. The first-order chi connectivity index (χ1) is 8.20. The minimum Gasteiger partial charge on any atom is -0.381 e. The van der Waals surface area contributed by atoms with E-state index in [1.54, 1.807) is 0 Å². The first-order valence-electron chi connectivity index (χ1n) is 7.20. The van der Waals surface area contributed by atoms with E-state index >= 15 is 0 Å². The number of nitrogens with zero attached hydrogens (tertiary/aromatic N) is 1. The molecule has 0 aromatic heterocycles. The van der Waals surface area contributed by atoms with Gasteiger partial charge in [-0.3, -0.25) is 4.90 Å². The summed E-state index contributed by atoms with van der Waals surface area (Å²) < 4.78 is 5.40. The van der Waals surface area contributed by atoms with E-state index in [1.807, 2.05) is 7.11 Å². The smallest absolute Gasteiger partial charge is 0.0601 e. The molecule has 0 aromatic carbocycles. The van der Waals surface area contributed by atoms with Crippen LogP contribution in [0.5, 0.6) is 0 Å². The van der Waals surface area contributed by atoms with E-state index in [1.165, 1.54) is 45.3 Å². The molecule has 0 unspecified atom stereocenters. The molecule has 1 saturated heterocycles. The molecule has 2 fully saturated rings. The number of ether oxygens (including phenoxy) is 1. The van der Waals surface area contributed by atoms with E-state index in [0.717, 1.165) is 12.0 Å². The average Bonchev–Trinajstić information content (AvgIpc) is 2.27. The Labute approximate surface area is 106 Å². The van der Waals surface area contributed by atoms with Gasteiger partial charge < -0.3 is 10.1 Å². The van der Waals surface area contributed by atoms with Crippen LogP contribution in [0.3, 0.4) is 0 Å². The highest BCUT2D eigenvalue weighted by Crippen LogP contribution is 2.30. The molecule has 17 heavy (non-hydrogen) atoms. The molecule has 2 aliphatic rings. The lowest BCUT2D eigenvalue weighted by Gasteiger charge is -2.46. The maximum absolute atomic E-state index is 5.40. The van der Waals surface area contributed by atoms with Gasteiger partial charge in [0.05, 0.1) is 6.10 Å². The third-order valence-corrected chi connectivity index (χ3v) is 4.46. The molecule has 0 aromatic rings. The van der Waals surface area contributed by atoms with Gasteiger partial charge in [-0.25, -0.2) is 0 Å². The number of piperidine rings is 1. The average molecular weight is 240 g/mol. The Morgan fingerprint density at radius 2 is 1.88 bits per heavy atom. The van der Waals surface area contributed by atoms with Crippen molar-refractivity contribution >= 4 is 0 Å². The summed E-state index contributed by atoms with van der Waals surface area (Å²) in [6.07, 6.45) is 5.70. The Kier molecular flexibility index (Phi) is 4.83. The van der Waals surface area contributed by atoms with E-state index in [-0.39, 0.29) is 0 Å². The van der Waals surface area contributed by atoms with Crippen molar-refractivity contribution in [3.8, 4) is 0 Å². The van der Waals surface area contributed by atoms with Crippen LogP contribution in [-0.2, 0) is 4.74 Å². The van der Waals surface area contributed by atoms with Gasteiger partial charge in [-0.2, -0.15) is 0 Å². The Balaban J connectivity index is 1.80. The first-order valence-corrected chi connectivity index (χ1v) is 7.20. The van der Waals surface area contributed by atoms with Crippen molar-refractivity contribution in [2.45, 2.75) is 57.7 Å². The summed E-state index contributed by atoms with van der Waals surface area (Å²) in [7, 11) is 1.84. The standard InChI is InChI=1S/C14H28N2O/c1-11(2)16(13-8-14(9-13)17-3)10-12-4-6-15-7-5-12/h11-15H,4-10H2,1-3H3. The van der Waals surface area contributed by atoms with Gasteiger partial charge in [0.2, 0.25) is 0 Å². The molecular weight excluding hydrogens is 212 g/mol. The van der Waals surface area contributed by atoms with Gasteiger partial charge >= 0.3 is 0 Å². The summed E-state index contributed by atoms with van der Waals surface area (Å²) in [5.74, 6) is 0.903. The minimum atomic E-state index is 0.522. The number of nitrogens with one attached hydrogen (secondary N) is 1. The summed E-state index contributed by atoms with van der Waals surface area (Å²) in [6, 6.07) is 1.45. The van der Waals surface area contributed by atoms with Gasteiger partial charge in [0.1, 0.15) is 0 Å². The van der Waals surface area contributed by atoms with Crippen LogP contribution in [0.25, 0.3) is 0 Å². The molecule has 1 saturated carbocycles. The highest BCUT2D eigenvalue weighted by Gasteiger charge is 2.35. The van der Waals surface area contributed by atoms with Crippen molar-refractivity contribution < 1.29 is 4.74 Å². The third-order valence-electron chi connectivity index (χ3n) is 4.46. The zero-order chi connectivity index (χ0) is 12.3. The summed E-state index contributed by atoms with van der Waals surface area (Å²) in [4.78, 5) is 2.71. The largest absolute Gasteiger partial charge is 0.381 e. The van der Waals surface area contributed by atoms with E-state index in [4.69, 9.17) is 4.74 Å². The maximum Gasteiger partial charge on any atom is 0.0601 e. The number of rotatable bonds is 5. The fourth-order valence-corrected chi connectivity index (χ4v) is 3.15. The molecule has 0 bridgehead atoms. The van der Waals surface area contributed by atoms with Gasteiger partial charge in [-0.15, -0.1) is 0 Å². The van der Waals surface area contributed by atoms with Crippen molar-refractivity contribution in [2.24, 2.45) is 5.92 Å². The van der Waals surface area contributed by atoms with E-state index in [0.29, 0.717) is 12.1 Å². The van der Waals surface area contributed by atoms with E-state index in [2.05, 4.69) is 24.1 Å². The van der Waals surface area contributed by atoms with Crippen LogP contribution in [0.15, 0.2) is 0 Å². The molecule has 1 aliphatic carbocycles. The van der Waals surface area contributed by atoms with Crippen LogP contribution in [0, 0.1) is 5.92 Å². The zero-order valence-electron chi connectivity index (χ0n) is 11.6. The molecule has 0 spiro atoms. The predicted octanol–water partition coefficient (Wildman–Crippen LogP) is 1.87.